The summed E-state index contributed by atoms with van der Waals surface area (Å²) < 4.78 is 1.62. The molecule has 5 nitrogen and oxygen atoms in total. The average molecular weight is 325 g/mol. The summed E-state index contributed by atoms with van der Waals surface area (Å²) in [4.78, 5) is 27.0. The third kappa shape index (κ3) is 3.18. The van der Waals surface area contributed by atoms with Crippen molar-refractivity contribution in [3.05, 3.63) is 67.0 Å². The summed E-state index contributed by atoms with van der Waals surface area (Å²) in [6.45, 7) is 10.2. The van der Waals surface area contributed by atoms with E-state index in [-0.39, 0.29) is 23.1 Å². The molecule has 5 heteroatoms. The molecular formula is C19H23N3O2. The Hall–Kier alpha value is -2.61. The Morgan fingerprint density at radius 1 is 1.21 bits per heavy atom. The van der Waals surface area contributed by atoms with Crippen LogP contribution in [0.5, 0.6) is 0 Å². The van der Waals surface area contributed by atoms with Crippen molar-refractivity contribution in [2.24, 2.45) is 0 Å². The summed E-state index contributed by atoms with van der Waals surface area (Å²) in [7, 11) is 0. The van der Waals surface area contributed by atoms with Crippen molar-refractivity contribution in [1.29, 1.82) is 5.26 Å². The average Bonchev–Trinajstić information content (AvgIpc) is 2.52. The number of aromatic amines is 1. The highest BCUT2D eigenvalue weighted by atomic mass is 16.2. The van der Waals surface area contributed by atoms with Crippen LogP contribution in [0.15, 0.2) is 27.8 Å². The van der Waals surface area contributed by atoms with Gasteiger partial charge in [0.2, 0.25) is 0 Å². The highest BCUT2D eigenvalue weighted by molar-refractivity contribution is 5.42. The first kappa shape index (κ1) is 17.7. The Bertz CT molecular complexity index is 914. The van der Waals surface area contributed by atoms with Crippen LogP contribution in [0.25, 0.3) is 0 Å². The molecule has 1 heterocycles. The van der Waals surface area contributed by atoms with E-state index < -0.39 is 0 Å². The third-order valence-corrected chi connectivity index (χ3v) is 4.31. The Morgan fingerprint density at radius 3 is 2.42 bits per heavy atom. The van der Waals surface area contributed by atoms with Crippen LogP contribution in [0.4, 0.5) is 0 Å². The van der Waals surface area contributed by atoms with Crippen molar-refractivity contribution in [2.75, 3.05) is 0 Å². The maximum Gasteiger partial charge on any atom is 0.328 e. The van der Waals surface area contributed by atoms with Gasteiger partial charge in [-0.25, -0.2) is 4.79 Å². The van der Waals surface area contributed by atoms with Gasteiger partial charge in [0.05, 0.1) is 11.6 Å². The van der Waals surface area contributed by atoms with Gasteiger partial charge >= 0.3 is 5.69 Å². The van der Waals surface area contributed by atoms with E-state index in [1.54, 1.807) is 4.57 Å². The smallest absolute Gasteiger partial charge is 0.297 e. The number of nitrogens with one attached hydrogen (secondary N) is 1. The van der Waals surface area contributed by atoms with Gasteiger partial charge in [0.25, 0.3) is 5.56 Å². The van der Waals surface area contributed by atoms with Crippen molar-refractivity contribution in [1.82, 2.24) is 9.55 Å². The standard InChI is InChI=1S/C19H23N3O2/c1-6-22-17(16(11(2)3)18(23)21-19(22)24)13(5)15-8-12(4)7-14(9-15)10-20/h7-9,11,13H,6H2,1-5H3,(H,21,23,24). The molecular weight excluding hydrogens is 302 g/mol. The minimum atomic E-state index is -0.387. The molecule has 0 saturated carbocycles. The molecule has 126 valence electrons. The van der Waals surface area contributed by atoms with Crippen LogP contribution in [0.2, 0.25) is 0 Å². The van der Waals surface area contributed by atoms with Crippen molar-refractivity contribution in [2.45, 2.75) is 53.0 Å². The molecule has 0 spiro atoms. The number of hydrogen-bond donors (Lipinski definition) is 1. The summed E-state index contributed by atoms with van der Waals surface area (Å²) in [5, 5.41) is 9.21. The van der Waals surface area contributed by atoms with E-state index in [1.807, 2.05) is 52.8 Å². The molecule has 0 aliphatic rings. The second kappa shape index (κ2) is 6.88. The minimum Gasteiger partial charge on any atom is -0.297 e. The minimum absolute atomic E-state index is 0.00940. The van der Waals surface area contributed by atoms with Crippen molar-refractivity contribution < 1.29 is 0 Å². The zero-order valence-electron chi connectivity index (χ0n) is 14.8. The fourth-order valence-corrected chi connectivity index (χ4v) is 3.23. The van der Waals surface area contributed by atoms with E-state index in [0.717, 1.165) is 16.8 Å². The Balaban J connectivity index is 2.80. The Kier molecular flexibility index (Phi) is 5.08. The Labute approximate surface area is 141 Å². The fourth-order valence-electron chi connectivity index (χ4n) is 3.23. The molecule has 24 heavy (non-hydrogen) atoms. The number of H-pyrrole nitrogens is 1. The molecule has 0 aliphatic heterocycles. The van der Waals surface area contributed by atoms with E-state index in [1.165, 1.54) is 0 Å². The molecule has 1 aromatic heterocycles. The first-order valence-corrected chi connectivity index (χ1v) is 8.18. The number of nitriles is 1. The first-order valence-electron chi connectivity index (χ1n) is 8.18. The summed E-state index contributed by atoms with van der Waals surface area (Å²) >= 11 is 0. The summed E-state index contributed by atoms with van der Waals surface area (Å²) in [6.07, 6.45) is 0. The topological polar surface area (TPSA) is 78.7 Å². The number of nitrogens with zero attached hydrogens (tertiary/aromatic N) is 2. The van der Waals surface area contributed by atoms with Crippen LogP contribution in [-0.4, -0.2) is 9.55 Å². The first-order chi connectivity index (χ1) is 11.3. The summed E-state index contributed by atoms with van der Waals surface area (Å²) in [5.41, 5.74) is 3.15. The van der Waals surface area contributed by atoms with E-state index >= 15 is 0 Å². The van der Waals surface area contributed by atoms with Crippen LogP contribution in [0, 0.1) is 18.3 Å². The second-order valence-electron chi connectivity index (χ2n) is 6.42. The lowest BCUT2D eigenvalue weighted by molar-refractivity contribution is 0.602. The predicted octanol–water partition coefficient (Wildman–Crippen LogP) is 3.01. The monoisotopic (exact) mass is 325 g/mol. The quantitative estimate of drug-likeness (QED) is 0.938. The molecule has 0 amide bonds. The van der Waals surface area contributed by atoms with Crippen LogP contribution in [0.3, 0.4) is 0 Å². The second-order valence-corrected chi connectivity index (χ2v) is 6.42. The maximum absolute atomic E-state index is 12.4. The van der Waals surface area contributed by atoms with Gasteiger partial charge < -0.3 is 0 Å². The van der Waals surface area contributed by atoms with Gasteiger partial charge in [0.15, 0.2) is 0 Å². The highest BCUT2D eigenvalue weighted by Gasteiger charge is 2.23. The zero-order valence-corrected chi connectivity index (χ0v) is 14.8. The van der Waals surface area contributed by atoms with Crippen molar-refractivity contribution >= 4 is 0 Å². The molecule has 1 atom stereocenters. The maximum atomic E-state index is 12.4. The van der Waals surface area contributed by atoms with Gasteiger partial charge in [0.1, 0.15) is 0 Å². The van der Waals surface area contributed by atoms with Gasteiger partial charge in [-0.1, -0.05) is 26.8 Å². The predicted molar refractivity (Wildman–Crippen MR) is 94.5 cm³/mol. The summed E-state index contributed by atoms with van der Waals surface area (Å²) in [6, 6.07) is 7.82. The molecule has 0 radical (unpaired) electrons. The molecule has 1 unspecified atom stereocenters. The number of hydrogen-bond acceptors (Lipinski definition) is 3. The molecule has 0 bridgehead atoms. The lowest BCUT2D eigenvalue weighted by Gasteiger charge is -2.23. The number of aryl methyl sites for hydroxylation is 1. The van der Waals surface area contributed by atoms with Crippen molar-refractivity contribution in [3.63, 3.8) is 0 Å². The molecule has 2 rings (SSSR count). The Morgan fingerprint density at radius 2 is 1.88 bits per heavy atom. The van der Waals surface area contributed by atoms with Gasteiger partial charge in [-0.15, -0.1) is 0 Å². The molecule has 0 aliphatic carbocycles. The van der Waals surface area contributed by atoms with Gasteiger partial charge in [0, 0.05) is 23.7 Å². The lowest BCUT2D eigenvalue weighted by atomic mass is 9.88. The SMILES string of the molecule is CCn1c(C(C)c2cc(C)cc(C#N)c2)c(C(C)C)c(=O)[nH]c1=O. The summed E-state index contributed by atoms with van der Waals surface area (Å²) in [5.74, 6) is -0.172. The van der Waals surface area contributed by atoms with Gasteiger partial charge in [-0.3, -0.25) is 14.3 Å². The molecule has 0 saturated heterocycles. The molecule has 0 fully saturated rings. The van der Waals surface area contributed by atoms with Crippen LogP contribution in [-0.2, 0) is 6.54 Å². The molecule has 1 aromatic carbocycles. The fraction of sp³-hybridized carbons (Fsp3) is 0.421. The van der Waals surface area contributed by atoms with Crippen LogP contribution < -0.4 is 11.2 Å². The van der Waals surface area contributed by atoms with Gasteiger partial charge in [-0.05, 0) is 43.0 Å². The van der Waals surface area contributed by atoms with E-state index in [9.17, 15) is 14.9 Å². The number of aromatic nitrogens is 2. The normalized spacial score (nSPS) is 12.2. The lowest BCUT2D eigenvalue weighted by Crippen LogP contribution is -2.36. The van der Waals surface area contributed by atoms with E-state index in [2.05, 4.69) is 11.1 Å². The van der Waals surface area contributed by atoms with Crippen LogP contribution >= 0.6 is 0 Å². The molecule has 1 N–H and O–H groups in total. The number of benzene rings is 1. The number of rotatable bonds is 4. The van der Waals surface area contributed by atoms with Crippen LogP contribution in [0.1, 0.15) is 67.5 Å². The van der Waals surface area contributed by atoms with Gasteiger partial charge in [-0.2, -0.15) is 5.26 Å². The zero-order chi connectivity index (χ0) is 18.0. The van der Waals surface area contributed by atoms with E-state index in [0.29, 0.717) is 17.7 Å². The highest BCUT2D eigenvalue weighted by Crippen LogP contribution is 2.29. The largest absolute Gasteiger partial charge is 0.328 e. The third-order valence-electron chi connectivity index (χ3n) is 4.31. The van der Waals surface area contributed by atoms with E-state index in [4.69, 9.17) is 0 Å². The molecule has 2 aromatic rings. The van der Waals surface area contributed by atoms with Crippen molar-refractivity contribution in [3.8, 4) is 6.07 Å².